The van der Waals surface area contributed by atoms with Gasteiger partial charge in [-0.1, -0.05) is 0 Å². The molecule has 2 fully saturated rings. The van der Waals surface area contributed by atoms with E-state index in [0.717, 1.165) is 52.5 Å². The number of halogens is 1. The molecule has 4 aromatic rings. The van der Waals surface area contributed by atoms with Gasteiger partial charge < -0.3 is 35.2 Å². The molecule has 1 aromatic carbocycles. The number of morpholine rings is 1. The number of anilines is 3. The van der Waals surface area contributed by atoms with Gasteiger partial charge in [-0.05, 0) is 24.3 Å². The Morgan fingerprint density at radius 3 is 2.57 bits per heavy atom. The van der Waals surface area contributed by atoms with Gasteiger partial charge >= 0.3 is 0 Å². The largest absolute Gasteiger partial charge is 0.484 e. The van der Waals surface area contributed by atoms with Crippen LogP contribution in [0.15, 0.2) is 41.0 Å². The van der Waals surface area contributed by atoms with Crippen LogP contribution in [-0.4, -0.2) is 126 Å². The van der Waals surface area contributed by atoms with Crippen molar-refractivity contribution in [1.29, 1.82) is 0 Å². The average Bonchev–Trinajstić information content (AvgIpc) is 3.72. The van der Waals surface area contributed by atoms with Crippen LogP contribution in [0.1, 0.15) is 0 Å². The molecule has 0 radical (unpaired) electrons. The molecule has 5 heterocycles. The fourth-order valence-electron chi connectivity index (χ4n) is 5.14. The Hall–Kier alpha value is -4.54. The smallest absolute Gasteiger partial charge is 0.259 e. The minimum absolute atomic E-state index is 0.162. The molecule has 3 aromatic heterocycles. The van der Waals surface area contributed by atoms with Crippen LogP contribution in [0.5, 0.6) is 5.75 Å². The number of carbonyl (C=O) groups is 1. The summed E-state index contributed by atoms with van der Waals surface area (Å²) in [4.78, 5) is 31.7. The van der Waals surface area contributed by atoms with Crippen molar-refractivity contribution in [1.82, 2.24) is 39.7 Å². The fourth-order valence-corrected chi connectivity index (χ4v) is 5.14. The molecule has 2 aliphatic heterocycles. The van der Waals surface area contributed by atoms with Crippen molar-refractivity contribution in [2.75, 3.05) is 101 Å². The molecule has 2 aliphatic rings. The number of furan rings is 1. The predicted molar refractivity (Wildman–Crippen MR) is 160 cm³/mol. The lowest BCUT2D eigenvalue weighted by molar-refractivity contribution is -0.123. The summed E-state index contributed by atoms with van der Waals surface area (Å²) < 4.78 is 32.5. The number of ether oxygens (including phenoxy) is 2. The number of nitrogens with one attached hydrogen (secondary N) is 2. The van der Waals surface area contributed by atoms with Gasteiger partial charge in [-0.15, -0.1) is 5.10 Å². The van der Waals surface area contributed by atoms with Gasteiger partial charge in [0.2, 0.25) is 17.7 Å². The quantitative estimate of drug-likeness (QED) is 0.204. The van der Waals surface area contributed by atoms with Gasteiger partial charge in [0.25, 0.3) is 11.7 Å². The van der Waals surface area contributed by atoms with Gasteiger partial charge in [0.15, 0.2) is 12.4 Å². The van der Waals surface area contributed by atoms with Gasteiger partial charge in [-0.2, -0.15) is 19.5 Å². The maximum Gasteiger partial charge on any atom is 0.259 e. The molecule has 16 heteroatoms. The number of fused-ring (bicyclic) bond motifs is 1. The first-order valence-electron chi connectivity index (χ1n) is 14.7. The van der Waals surface area contributed by atoms with Crippen molar-refractivity contribution in [3.05, 3.63) is 42.4 Å². The molecule has 15 nitrogen and oxygen atoms in total. The second kappa shape index (κ2) is 13.8. The fraction of sp³-hybridized carbons (Fsp3) is 0.464. The summed E-state index contributed by atoms with van der Waals surface area (Å²) >= 11 is 0. The number of hydrogen-bond donors (Lipinski definition) is 3. The number of hydrogen-bond acceptors (Lipinski definition) is 13. The van der Waals surface area contributed by atoms with E-state index in [-0.39, 0.29) is 24.3 Å². The second-order valence-corrected chi connectivity index (χ2v) is 10.5. The van der Waals surface area contributed by atoms with E-state index < -0.39 is 0 Å². The average molecular weight is 610 g/mol. The third-order valence-electron chi connectivity index (χ3n) is 7.54. The third kappa shape index (κ3) is 7.32. The minimum atomic E-state index is -0.376. The number of amides is 1. The lowest BCUT2D eigenvalue weighted by Crippen LogP contribution is -2.48. The minimum Gasteiger partial charge on any atom is -0.484 e. The highest BCUT2D eigenvalue weighted by Gasteiger charge is 2.20. The van der Waals surface area contributed by atoms with Crippen LogP contribution in [-0.2, 0) is 9.53 Å². The maximum atomic E-state index is 15.0. The van der Waals surface area contributed by atoms with E-state index in [1.54, 1.807) is 30.5 Å². The zero-order chi connectivity index (χ0) is 30.3. The molecular weight excluding hydrogens is 573 g/mol. The van der Waals surface area contributed by atoms with E-state index in [1.807, 2.05) is 4.90 Å². The Balaban J connectivity index is 0.917. The summed E-state index contributed by atoms with van der Waals surface area (Å²) in [5, 5.41) is 10.3. The Morgan fingerprint density at radius 2 is 1.80 bits per heavy atom. The Bertz CT molecular complexity index is 1540. The third-order valence-corrected chi connectivity index (χ3v) is 7.54. The second-order valence-electron chi connectivity index (χ2n) is 10.5. The molecule has 0 aliphatic carbocycles. The van der Waals surface area contributed by atoms with Gasteiger partial charge in [-0.25, -0.2) is 4.39 Å². The Morgan fingerprint density at radius 1 is 1.00 bits per heavy atom. The van der Waals surface area contributed by atoms with E-state index in [1.165, 1.54) is 10.6 Å². The number of benzene rings is 1. The van der Waals surface area contributed by atoms with E-state index in [4.69, 9.17) is 19.6 Å². The van der Waals surface area contributed by atoms with Crippen molar-refractivity contribution in [3.8, 4) is 17.3 Å². The Labute approximate surface area is 253 Å². The summed E-state index contributed by atoms with van der Waals surface area (Å²) in [5.41, 5.74) is 6.58. The molecule has 0 bridgehead atoms. The first-order chi connectivity index (χ1) is 21.5. The molecule has 234 valence electrons. The van der Waals surface area contributed by atoms with Crippen molar-refractivity contribution in [2.45, 2.75) is 0 Å². The molecule has 0 spiro atoms. The number of rotatable bonds is 12. The van der Waals surface area contributed by atoms with E-state index >= 15 is 0 Å². The number of aromatic nitrogens is 5. The van der Waals surface area contributed by atoms with E-state index in [2.05, 4.69) is 40.5 Å². The summed E-state index contributed by atoms with van der Waals surface area (Å²) in [6.07, 6.45) is 1.55. The van der Waals surface area contributed by atoms with Gasteiger partial charge in [0, 0.05) is 71.5 Å². The molecule has 0 atom stereocenters. The van der Waals surface area contributed by atoms with Gasteiger partial charge in [0.1, 0.15) is 11.6 Å². The number of nitrogens with zero attached hydrogens (tertiary/aromatic N) is 8. The normalized spacial score (nSPS) is 16.3. The summed E-state index contributed by atoms with van der Waals surface area (Å²) in [7, 11) is 0. The van der Waals surface area contributed by atoms with Crippen LogP contribution in [0.4, 0.5) is 22.0 Å². The highest BCUT2D eigenvalue weighted by molar-refractivity contribution is 5.77. The highest BCUT2D eigenvalue weighted by Crippen LogP contribution is 2.25. The van der Waals surface area contributed by atoms with E-state index in [0.29, 0.717) is 60.9 Å². The first-order valence-corrected chi connectivity index (χ1v) is 14.7. The van der Waals surface area contributed by atoms with Crippen LogP contribution in [0.3, 0.4) is 0 Å². The van der Waals surface area contributed by atoms with Crippen LogP contribution < -0.4 is 26.0 Å². The predicted octanol–water partition coefficient (Wildman–Crippen LogP) is 0.562. The summed E-state index contributed by atoms with van der Waals surface area (Å²) in [6, 6.07) is 8.25. The highest BCUT2D eigenvalue weighted by atomic mass is 19.1. The number of carbonyl (C=O) groups excluding carboxylic acids is 1. The van der Waals surface area contributed by atoms with Gasteiger partial charge in [0.05, 0.1) is 25.2 Å². The molecular formula is C28H36FN11O4. The van der Waals surface area contributed by atoms with Crippen LogP contribution in [0, 0.1) is 5.82 Å². The molecule has 0 unspecified atom stereocenters. The van der Waals surface area contributed by atoms with Crippen LogP contribution >= 0.6 is 0 Å². The number of piperazine rings is 1. The standard InChI is InChI=1S/C28H36FN11O4/c29-21-18-20(44-19-24(41)31-5-7-38-13-16-42-17-14-38)3-4-22(21)39-11-9-37(10-12-39)8-6-32-27-34-26(30)40-28(35-27)33-25(36-40)23-2-1-15-43-23/h1-4,15,18H,5-14,16-17,19H2,(H,31,41)(H3,30,32,33,34,35,36). The molecule has 0 saturated carbocycles. The zero-order valence-electron chi connectivity index (χ0n) is 24.3. The van der Waals surface area contributed by atoms with Crippen LogP contribution in [0.2, 0.25) is 0 Å². The van der Waals surface area contributed by atoms with Crippen molar-refractivity contribution >= 4 is 29.3 Å². The number of nitrogen functional groups attached to an aromatic ring is 1. The monoisotopic (exact) mass is 609 g/mol. The summed E-state index contributed by atoms with van der Waals surface area (Å²) in [5.74, 6) is 1.45. The molecule has 4 N–H and O–H groups in total. The SMILES string of the molecule is Nc1nc(NCCN2CCN(c3ccc(OCC(=O)NCCN4CCOCC4)cc3F)CC2)nc2nc(-c3ccco3)nn12. The van der Waals surface area contributed by atoms with Crippen LogP contribution in [0.25, 0.3) is 17.4 Å². The lowest BCUT2D eigenvalue weighted by Gasteiger charge is -2.36. The Kier molecular flexibility index (Phi) is 9.28. The first kappa shape index (κ1) is 29.5. The summed E-state index contributed by atoms with van der Waals surface area (Å²) in [6.45, 7) is 8.53. The molecule has 1 amide bonds. The molecule has 44 heavy (non-hydrogen) atoms. The zero-order valence-corrected chi connectivity index (χ0v) is 24.3. The van der Waals surface area contributed by atoms with E-state index in [9.17, 15) is 9.18 Å². The van der Waals surface area contributed by atoms with Crippen molar-refractivity contribution < 1.29 is 23.1 Å². The molecule has 2 saturated heterocycles. The van der Waals surface area contributed by atoms with Gasteiger partial charge in [-0.3, -0.25) is 14.6 Å². The topological polar surface area (TPSA) is 164 Å². The molecule has 6 rings (SSSR count). The van der Waals surface area contributed by atoms with Crippen molar-refractivity contribution in [2.24, 2.45) is 0 Å². The van der Waals surface area contributed by atoms with Crippen molar-refractivity contribution in [3.63, 3.8) is 0 Å². The maximum absolute atomic E-state index is 15.0. The number of nitrogens with two attached hydrogens (primary N) is 1. The lowest BCUT2D eigenvalue weighted by atomic mass is 10.2.